The molecule has 0 spiro atoms. The van der Waals surface area contributed by atoms with Crippen LogP contribution in [0.5, 0.6) is 0 Å². The van der Waals surface area contributed by atoms with Crippen LogP contribution < -0.4 is 16.0 Å². The average Bonchev–Trinajstić information content (AvgIpc) is 3.04. The zero-order valence-electron chi connectivity index (χ0n) is 14.8. The van der Waals surface area contributed by atoms with Gasteiger partial charge in [-0.15, -0.1) is 0 Å². The van der Waals surface area contributed by atoms with Crippen LogP contribution in [0.15, 0.2) is 42.6 Å². The summed E-state index contributed by atoms with van der Waals surface area (Å²) in [4.78, 5) is 36.9. The van der Waals surface area contributed by atoms with Crippen molar-refractivity contribution in [2.45, 2.75) is 38.9 Å². The van der Waals surface area contributed by atoms with Crippen LogP contribution in [0, 0.1) is 0 Å². The maximum Gasteiger partial charge on any atom is 0.254 e. The van der Waals surface area contributed by atoms with Crippen molar-refractivity contribution < 1.29 is 14.4 Å². The van der Waals surface area contributed by atoms with Gasteiger partial charge in [0.25, 0.3) is 5.91 Å². The van der Waals surface area contributed by atoms with Crippen LogP contribution in [-0.2, 0) is 16.1 Å². The molecular formula is C19H22N4O3. The second-order valence-electron chi connectivity index (χ2n) is 6.54. The van der Waals surface area contributed by atoms with E-state index in [0.29, 0.717) is 23.8 Å². The third-order valence-corrected chi connectivity index (χ3v) is 4.33. The highest BCUT2D eigenvalue weighted by molar-refractivity contribution is 6.10. The molecule has 3 amide bonds. The first kappa shape index (κ1) is 17.7. The molecule has 26 heavy (non-hydrogen) atoms. The van der Waals surface area contributed by atoms with Gasteiger partial charge in [-0.3, -0.25) is 14.4 Å². The van der Waals surface area contributed by atoms with Crippen molar-refractivity contribution in [1.82, 2.24) is 15.2 Å². The van der Waals surface area contributed by atoms with Gasteiger partial charge in [-0.25, -0.2) is 0 Å². The van der Waals surface area contributed by atoms with Crippen molar-refractivity contribution in [3.05, 3.63) is 53.9 Å². The summed E-state index contributed by atoms with van der Waals surface area (Å²) in [5.74, 6) is -1.07. The number of amides is 3. The van der Waals surface area contributed by atoms with Gasteiger partial charge in [-0.1, -0.05) is 12.1 Å². The van der Waals surface area contributed by atoms with Crippen LogP contribution in [0.2, 0.25) is 0 Å². The van der Waals surface area contributed by atoms with E-state index in [2.05, 4.69) is 34.4 Å². The Kier molecular flexibility index (Phi) is 5.06. The fourth-order valence-electron chi connectivity index (χ4n) is 2.98. The molecule has 1 aromatic carbocycles. The maximum atomic E-state index is 12.3. The van der Waals surface area contributed by atoms with Gasteiger partial charge < -0.3 is 20.5 Å². The smallest absolute Gasteiger partial charge is 0.254 e. The number of rotatable bonds is 5. The van der Waals surface area contributed by atoms with E-state index in [1.807, 2.05) is 18.3 Å². The van der Waals surface area contributed by atoms with Gasteiger partial charge >= 0.3 is 0 Å². The molecule has 0 radical (unpaired) electrons. The van der Waals surface area contributed by atoms with E-state index in [0.717, 1.165) is 5.69 Å². The summed E-state index contributed by atoms with van der Waals surface area (Å²) in [7, 11) is 0. The number of carbonyl (C=O) groups is 3. The summed E-state index contributed by atoms with van der Waals surface area (Å²) < 4.78 is 2.07. The molecule has 3 N–H and O–H groups in total. The van der Waals surface area contributed by atoms with Crippen LogP contribution >= 0.6 is 0 Å². The normalized spacial score (nSPS) is 16.5. The van der Waals surface area contributed by atoms with Crippen molar-refractivity contribution in [2.24, 2.45) is 0 Å². The fraction of sp³-hybridized carbons (Fsp3) is 0.316. The summed E-state index contributed by atoms with van der Waals surface area (Å²) in [6.45, 7) is 4.50. The van der Waals surface area contributed by atoms with Gasteiger partial charge in [-0.05, 0) is 38.1 Å². The summed E-state index contributed by atoms with van der Waals surface area (Å²) in [5.41, 5.74) is 1.82. The predicted octanol–water partition coefficient (Wildman–Crippen LogP) is 1.83. The zero-order valence-corrected chi connectivity index (χ0v) is 14.8. The van der Waals surface area contributed by atoms with Gasteiger partial charge in [-0.2, -0.15) is 0 Å². The van der Waals surface area contributed by atoms with Crippen LogP contribution in [-0.4, -0.2) is 28.3 Å². The van der Waals surface area contributed by atoms with Crippen LogP contribution in [0.3, 0.4) is 0 Å². The summed E-state index contributed by atoms with van der Waals surface area (Å²) in [6.07, 6.45) is 1.84. The van der Waals surface area contributed by atoms with E-state index < -0.39 is 11.9 Å². The Balaban J connectivity index is 1.62. The lowest BCUT2D eigenvalue weighted by Gasteiger charge is -2.16. The number of fused-ring (bicyclic) bond motifs is 1. The van der Waals surface area contributed by atoms with Crippen LogP contribution in [0.1, 0.15) is 42.4 Å². The molecule has 2 heterocycles. The number of carbonyl (C=O) groups excluding carboxylic acids is 3. The monoisotopic (exact) mass is 354 g/mol. The minimum Gasteiger partial charge on any atom is -0.350 e. The van der Waals surface area contributed by atoms with Crippen molar-refractivity contribution >= 4 is 23.4 Å². The van der Waals surface area contributed by atoms with Gasteiger partial charge in [0, 0.05) is 17.9 Å². The second-order valence-corrected chi connectivity index (χ2v) is 6.54. The molecule has 0 unspecified atom stereocenters. The minimum atomic E-state index is -0.910. The molecule has 7 nitrogen and oxygen atoms in total. The lowest BCUT2D eigenvalue weighted by Crippen LogP contribution is -2.44. The van der Waals surface area contributed by atoms with E-state index in [1.165, 1.54) is 0 Å². The lowest BCUT2D eigenvalue weighted by molar-refractivity contribution is -0.125. The Bertz CT molecular complexity index is 841. The van der Waals surface area contributed by atoms with Crippen LogP contribution in [0.25, 0.3) is 0 Å². The number of aromatic nitrogens is 1. The third kappa shape index (κ3) is 3.77. The first-order chi connectivity index (χ1) is 12.5. The molecule has 1 aromatic heterocycles. The third-order valence-electron chi connectivity index (χ3n) is 4.33. The molecule has 1 aliphatic heterocycles. The van der Waals surface area contributed by atoms with E-state index in [-0.39, 0.29) is 18.2 Å². The number of nitrogens with zero attached hydrogens (tertiary/aromatic N) is 1. The largest absolute Gasteiger partial charge is 0.350 e. The standard InChI is InChI=1S/C19H22N4O3/c1-12(2)23-9-5-6-13(23)11-20-17(24)10-16-19(26)21-15-8-4-3-7-14(15)18(25)22-16/h3-9,12,16H,10-11H2,1-2H3,(H,20,24)(H,21,26)(H,22,25)/t16-/m1/s1. The van der Waals surface area contributed by atoms with E-state index in [4.69, 9.17) is 0 Å². The summed E-state index contributed by atoms with van der Waals surface area (Å²) in [6, 6.07) is 10.0. The van der Waals surface area contributed by atoms with Gasteiger partial charge in [0.15, 0.2) is 0 Å². The van der Waals surface area contributed by atoms with Gasteiger partial charge in [0.05, 0.1) is 24.2 Å². The highest BCUT2D eigenvalue weighted by Crippen LogP contribution is 2.18. The molecule has 7 heteroatoms. The van der Waals surface area contributed by atoms with E-state index in [9.17, 15) is 14.4 Å². The SMILES string of the molecule is CC(C)n1cccc1CNC(=O)C[C@H]1NC(=O)c2ccccc2NC1=O. The Morgan fingerprint density at radius 2 is 1.96 bits per heavy atom. The second kappa shape index (κ2) is 7.43. The summed E-state index contributed by atoms with van der Waals surface area (Å²) in [5, 5.41) is 8.13. The van der Waals surface area contributed by atoms with Crippen molar-refractivity contribution in [2.75, 3.05) is 5.32 Å². The fourth-order valence-corrected chi connectivity index (χ4v) is 2.98. The van der Waals surface area contributed by atoms with E-state index in [1.54, 1.807) is 24.3 Å². The molecule has 0 fully saturated rings. The van der Waals surface area contributed by atoms with Crippen LogP contribution in [0.4, 0.5) is 5.69 Å². The molecule has 1 aliphatic rings. The average molecular weight is 354 g/mol. The molecule has 1 atom stereocenters. The lowest BCUT2D eigenvalue weighted by atomic mass is 10.1. The Hall–Kier alpha value is -3.09. The molecule has 0 bridgehead atoms. The number of para-hydroxylation sites is 1. The Morgan fingerprint density at radius 1 is 1.19 bits per heavy atom. The molecule has 0 saturated heterocycles. The number of benzene rings is 1. The number of hydrogen-bond donors (Lipinski definition) is 3. The minimum absolute atomic E-state index is 0.117. The Morgan fingerprint density at radius 3 is 2.73 bits per heavy atom. The molecule has 3 rings (SSSR count). The first-order valence-corrected chi connectivity index (χ1v) is 8.59. The number of anilines is 1. The quantitative estimate of drug-likeness (QED) is 0.765. The highest BCUT2D eigenvalue weighted by atomic mass is 16.2. The predicted molar refractivity (Wildman–Crippen MR) is 97.6 cm³/mol. The first-order valence-electron chi connectivity index (χ1n) is 8.59. The summed E-state index contributed by atoms with van der Waals surface area (Å²) >= 11 is 0. The van der Waals surface area contributed by atoms with Crippen molar-refractivity contribution in [3.8, 4) is 0 Å². The molecular weight excluding hydrogens is 332 g/mol. The molecule has 0 aliphatic carbocycles. The van der Waals surface area contributed by atoms with Gasteiger partial charge in [0.2, 0.25) is 11.8 Å². The molecule has 0 saturated carbocycles. The molecule has 136 valence electrons. The highest BCUT2D eigenvalue weighted by Gasteiger charge is 2.29. The van der Waals surface area contributed by atoms with Crippen molar-refractivity contribution in [3.63, 3.8) is 0 Å². The van der Waals surface area contributed by atoms with Gasteiger partial charge in [0.1, 0.15) is 6.04 Å². The van der Waals surface area contributed by atoms with Crippen molar-refractivity contribution in [1.29, 1.82) is 0 Å². The Labute approximate surface area is 151 Å². The zero-order chi connectivity index (χ0) is 18.7. The van der Waals surface area contributed by atoms with E-state index >= 15 is 0 Å². The molecule has 2 aromatic rings. The maximum absolute atomic E-state index is 12.3. The topological polar surface area (TPSA) is 92.2 Å². The number of hydrogen-bond acceptors (Lipinski definition) is 3. The number of nitrogens with one attached hydrogen (secondary N) is 3.